The molecular weight excluding hydrogens is 458 g/mol. The second kappa shape index (κ2) is 8.94. The third kappa shape index (κ3) is 4.13. The van der Waals surface area contributed by atoms with Gasteiger partial charge in [-0.25, -0.2) is 4.98 Å². The normalized spacial score (nSPS) is 18.3. The minimum atomic E-state index is 0.00690. The van der Waals surface area contributed by atoms with Crippen LogP contribution in [0.3, 0.4) is 0 Å². The average Bonchev–Trinajstić information content (AvgIpc) is 3.62. The Morgan fingerprint density at radius 2 is 1.80 bits per heavy atom. The second-order valence-electron chi connectivity index (χ2n) is 9.44. The van der Waals surface area contributed by atoms with Crippen molar-refractivity contribution in [2.75, 3.05) is 26.2 Å². The van der Waals surface area contributed by atoms with Gasteiger partial charge in [0.15, 0.2) is 0 Å². The maximum atomic E-state index is 13.1. The lowest BCUT2D eigenvalue weighted by atomic mass is 10.0. The van der Waals surface area contributed by atoms with Gasteiger partial charge in [0.2, 0.25) is 0 Å². The lowest BCUT2D eigenvalue weighted by Crippen LogP contribution is -2.62. The van der Waals surface area contributed by atoms with Crippen LogP contribution in [-0.4, -0.2) is 69.4 Å². The van der Waals surface area contributed by atoms with Gasteiger partial charge >= 0.3 is 0 Å². The molecular formula is C27H27N5O2S. The summed E-state index contributed by atoms with van der Waals surface area (Å²) in [6.07, 6.45) is 3.05. The first-order valence-corrected chi connectivity index (χ1v) is 12.9. The van der Waals surface area contributed by atoms with Crippen molar-refractivity contribution in [1.29, 1.82) is 0 Å². The summed E-state index contributed by atoms with van der Waals surface area (Å²) in [6.45, 7) is 2.81. The van der Waals surface area contributed by atoms with Gasteiger partial charge in [0.05, 0.1) is 5.51 Å². The molecule has 0 radical (unpaired) electrons. The molecule has 0 aliphatic carbocycles. The minimum absolute atomic E-state index is 0.00690. The molecule has 178 valence electrons. The summed E-state index contributed by atoms with van der Waals surface area (Å²) >= 11 is 1.44. The fourth-order valence-electron chi connectivity index (χ4n) is 5.19. The van der Waals surface area contributed by atoms with Crippen molar-refractivity contribution in [1.82, 2.24) is 24.7 Å². The van der Waals surface area contributed by atoms with Gasteiger partial charge in [-0.3, -0.25) is 9.59 Å². The molecule has 7 nitrogen and oxygen atoms in total. The third-order valence-electron chi connectivity index (χ3n) is 7.09. The predicted octanol–water partition coefficient (Wildman–Crippen LogP) is 3.63. The zero-order valence-electron chi connectivity index (χ0n) is 19.6. The van der Waals surface area contributed by atoms with Gasteiger partial charge < -0.3 is 19.7 Å². The summed E-state index contributed by atoms with van der Waals surface area (Å²) in [4.78, 5) is 33.6. The highest BCUT2D eigenvalue weighted by molar-refractivity contribution is 7.07. The molecule has 0 unspecified atom stereocenters. The van der Waals surface area contributed by atoms with Gasteiger partial charge in [-0.2, -0.15) is 0 Å². The topological polar surface area (TPSA) is 70.5 Å². The standard InChI is InChI=1S/C27H27N5O2S/c1-30-15-23(18-5-3-2-4-6-18)22-8-7-19(11-25(22)30)26(33)32-13-21(14-32)29-20-9-10-31(12-20)27(34)24-16-35-17-28-24/h2-8,11,15-17,20-21,29H,9-10,12-14H2,1H3/t20-/m0/s1. The highest BCUT2D eigenvalue weighted by Crippen LogP contribution is 2.31. The van der Waals surface area contributed by atoms with E-state index in [-0.39, 0.29) is 23.9 Å². The number of amides is 2. The Labute approximate surface area is 208 Å². The number of thiazole rings is 1. The van der Waals surface area contributed by atoms with Gasteiger partial charge in [0.1, 0.15) is 5.69 Å². The predicted molar refractivity (Wildman–Crippen MR) is 138 cm³/mol. The van der Waals surface area contributed by atoms with Gasteiger partial charge in [-0.05, 0) is 24.1 Å². The number of hydrogen-bond acceptors (Lipinski definition) is 5. The SMILES string of the molecule is Cn1cc(-c2ccccc2)c2ccc(C(=O)N3CC(N[C@H]4CCN(C(=O)c5cscn5)C4)C3)cc21. The zero-order valence-corrected chi connectivity index (χ0v) is 20.4. The Bertz CT molecular complexity index is 1380. The highest BCUT2D eigenvalue weighted by atomic mass is 32.1. The van der Waals surface area contributed by atoms with E-state index < -0.39 is 0 Å². The molecule has 1 atom stereocenters. The van der Waals surface area contributed by atoms with Crippen LogP contribution in [0, 0.1) is 0 Å². The number of rotatable bonds is 5. The largest absolute Gasteiger partial charge is 0.350 e. The number of carbonyl (C=O) groups is 2. The van der Waals surface area contributed by atoms with Crippen molar-refractivity contribution in [2.45, 2.75) is 18.5 Å². The Kier molecular flexibility index (Phi) is 5.62. The van der Waals surface area contributed by atoms with Crippen LogP contribution < -0.4 is 5.32 Å². The molecule has 0 bridgehead atoms. The molecule has 2 aliphatic rings. The first-order valence-electron chi connectivity index (χ1n) is 11.9. The summed E-state index contributed by atoms with van der Waals surface area (Å²) < 4.78 is 2.09. The van der Waals surface area contributed by atoms with E-state index in [9.17, 15) is 9.59 Å². The molecule has 2 saturated heterocycles. The van der Waals surface area contributed by atoms with Gasteiger partial charge in [-0.15, -0.1) is 11.3 Å². The first-order chi connectivity index (χ1) is 17.1. The van der Waals surface area contributed by atoms with Crippen molar-refractivity contribution in [2.24, 2.45) is 7.05 Å². The van der Waals surface area contributed by atoms with Crippen LogP contribution in [0.25, 0.3) is 22.0 Å². The number of fused-ring (bicyclic) bond motifs is 1. The Morgan fingerprint density at radius 3 is 2.57 bits per heavy atom. The van der Waals surface area contributed by atoms with Crippen LogP contribution in [0.1, 0.15) is 27.3 Å². The number of nitrogens with zero attached hydrogens (tertiary/aromatic N) is 4. The minimum Gasteiger partial charge on any atom is -0.350 e. The fraction of sp³-hybridized carbons (Fsp3) is 0.296. The third-order valence-corrected chi connectivity index (χ3v) is 7.68. The monoisotopic (exact) mass is 485 g/mol. The number of nitrogens with one attached hydrogen (secondary N) is 1. The maximum Gasteiger partial charge on any atom is 0.273 e. The molecule has 0 saturated carbocycles. The summed E-state index contributed by atoms with van der Waals surface area (Å²) in [6, 6.07) is 16.9. The lowest BCUT2D eigenvalue weighted by molar-refractivity contribution is 0.0553. The molecule has 8 heteroatoms. The van der Waals surface area contributed by atoms with Crippen LogP contribution in [0.2, 0.25) is 0 Å². The fourth-order valence-corrected chi connectivity index (χ4v) is 5.72. The molecule has 1 N–H and O–H groups in total. The maximum absolute atomic E-state index is 13.1. The van der Waals surface area contributed by atoms with Crippen LogP contribution in [0.5, 0.6) is 0 Å². The van der Waals surface area contributed by atoms with E-state index >= 15 is 0 Å². The van der Waals surface area contributed by atoms with Crippen LogP contribution >= 0.6 is 11.3 Å². The molecule has 2 amide bonds. The number of hydrogen-bond donors (Lipinski definition) is 1. The number of aromatic nitrogens is 2. The molecule has 35 heavy (non-hydrogen) atoms. The summed E-state index contributed by atoms with van der Waals surface area (Å²) in [5.74, 6) is 0.0756. The molecule has 2 aromatic carbocycles. The molecule has 0 spiro atoms. The molecule has 2 aromatic heterocycles. The summed E-state index contributed by atoms with van der Waals surface area (Å²) in [5, 5.41) is 6.58. The van der Waals surface area contributed by atoms with Crippen molar-refractivity contribution < 1.29 is 9.59 Å². The van der Waals surface area contributed by atoms with Crippen molar-refractivity contribution in [3.8, 4) is 11.1 Å². The van der Waals surface area contributed by atoms with E-state index in [1.54, 1.807) is 10.9 Å². The van der Waals surface area contributed by atoms with E-state index in [1.165, 1.54) is 22.5 Å². The Morgan fingerprint density at radius 1 is 1.00 bits per heavy atom. The number of aryl methyl sites for hydroxylation is 1. The number of carbonyl (C=O) groups excluding carboxylic acids is 2. The number of benzene rings is 2. The van der Waals surface area contributed by atoms with E-state index in [4.69, 9.17) is 0 Å². The van der Waals surface area contributed by atoms with Gasteiger partial charge in [0.25, 0.3) is 11.8 Å². The van der Waals surface area contributed by atoms with E-state index in [0.717, 1.165) is 29.4 Å². The summed E-state index contributed by atoms with van der Waals surface area (Å²) in [7, 11) is 2.02. The van der Waals surface area contributed by atoms with Crippen molar-refractivity contribution in [3.63, 3.8) is 0 Å². The highest BCUT2D eigenvalue weighted by Gasteiger charge is 2.35. The number of likely N-dealkylation sites (tertiary alicyclic amines) is 2. The molecule has 2 fully saturated rings. The zero-order chi connectivity index (χ0) is 23.9. The van der Waals surface area contributed by atoms with Crippen molar-refractivity contribution in [3.05, 3.63) is 76.9 Å². The first kappa shape index (κ1) is 22.0. The second-order valence-corrected chi connectivity index (χ2v) is 10.2. The smallest absolute Gasteiger partial charge is 0.273 e. The molecule has 4 heterocycles. The van der Waals surface area contributed by atoms with Crippen molar-refractivity contribution >= 4 is 34.1 Å². The Hall–Kier alpha value is -3.49. The van der Waals surface area contributed by atoms with Crippen LogP contribution in [0.4, 0.5) is 0 Å². The quantitative estimate of drug-likeness (QED) is 0.469. The van der Waals surface area contributed by atoms with E-state index in [0.29, 0.717) is 25.3 Å². The lowest BCUT2D eigenvalue weighted by Gasteiger charge is -2.41. The van der Waals surface area contributed by atoms with E-state index in [2.05, 4.69) is 39.3 Å². The molecule has 2 aliphatic heterocycles. The van der Waals surface area contributed by atoms with Gasteiger partial charge in [-0.1, -0.05) is 36.4 Å². The van der Waals surface area contributed by atoms with Crippen LogP contribution in [-0.2, 0) is 7.05 Å². The van der Waals surface area contributed by atoms with Gasteiger partial charge in [0, 0.05) is 78.9 Å². The molecule has 4 aromatic rings. The van der Waals surface area contributed by atoms with Crippen LogP contribution in [0.15, 0.2) is 65.6 Å². The molecule has 6 rings (SSSR count). The van der Waals surface area contributed by atoms with E-state index in [1.807, 2.05) is 47.2 Å². The average molecular weight is 486 g/mol. The Balaban J connectivity index is 1.07. The summed E-state index contributed by atoms with van der Waals surface area (Å²) in [5.41, 5.74) is 6.35.